The van der Waals surface area contributed by atoms with Crippen LogP contribution < -0.4 is 0 Å². The molecule has 19 heavy (non-hydrogen) atoms. The molecule has 2 rings (SSSR count). The molecule has 1 aromatic rings. The zero-order valence-corrected chi connectivity index (χ0v) is 11.6. The highest BCUT2D eigenvalue weighted by Gasteiger charge is 2.52. The third-order valence-corrected chi connectivity index (χ3v) is 3.55. The van der Waals surface area contributed by atoms with E-state index in [0.29, 0.717) is 24.8 Å². The lowest BCUT2D eigenvalue weighted by atomic mass is 9.93. The van der Waals surface area contributed by atoms with Crippen LogP contribution in [0.25, 0.3) is 0 Å². The Labute approximate surface area is 113 Å². The van der Waals surface area contributed by atoms with Crippen molar-refractivity contribution in [1.82, 2.24) is 0 Å². The molecule has 1 aliphatic rings. The molecule has 4 nitrogen and oxygen atoms in total. The molecule has 0 amide bonds. The molecule has 0 unspecified atom stereocenters. The Morgan fingerprint density at radius 2 is 2.11 bits per heavy atom. The van der Waals surface area contributed by atoms with Gasteiger partial charge in [0.2, 0.25) is 0 Å². The van der Waals surface area contributed by atoms with Crippen LogP contribution in [0, 0.1) is 5.92 Å². The van der Waals surface area contributed by atoms with Gasteiger partial charge in [0.15, 0.2) is 11.6 Å². The third-order valence-electron chi connectivity index (χ3n) is 3.55. The van der Waals surface area contributed by atoms with Crippen LogP contribution >= 0.6 is 0 Å². The van der Waals surface area contributed by atoms with E-state index in [1.807, 2.05) is 20.8 Å². The summed E-state index contributed by atoms with van der Waals surface area (Å²) in [7, 11) is 0. The van der Waals surface area contributed by atoms with Gasteiger partial charge in [0.05, 0.1) is 17.4 Å². The molecule has 0 aliphatic carbocycles. The predicted octanol–water partition coefficient (Wildman–Crippen LogP) is 3.02. The van der Waals surface area contributed by atoms with E-state index in [2.05, 4.69) is 0 Å². The normalized spacial score (nSPS) is 21.9. The average molecular weight is 264 g/mol. The Hall–Kier alpha value is -1.42. The summed E-state index contributed by atoms with van der Waals surface area (Å²) in [5.74, 6) is 0.410. The molecule has 0 aromatic carbocycles. The summed E-state index contributed by atoms with van der Waals surface area (Å²) in [5.41, 5.74) is 0.314. The van der Waals surface area contributed by atoms with Gasteiger partial charge in [-0.1, -0.05) is 6.92 Å². The molecule has 0 spiro atoms. The van der Waals surface area contributed by atoms with Crippen LogP contribution in [0.3, 0.4) is 0 Å². The summed E-state index contributed by atoms with van der Waals surface area (Å²) in [4.78, 5) is 23.7. The minimum atomic E-state index is -0.288. The molecule has 1 aromatic heterocycles. The van der Waals surface area contributed by atoms with E-state index in [1.165, 1.54) is 12.5 Å². The summed E-state index contributed by atoms with van der Waals surface area (Å²) in [6.45, 7) is 5.83. The van der Waals surface area contributed by atoms with Gasteiger partial charge in [-0.05, 0) is 32.3 Å². The molecule has 4 heteroatoms. The number of ketones is 2. The topological polar surface area (TPSA) is 59.8 Å². The highest BCUT2D eigenvalue weighted by Crippen LogP contribution is 2.37. The molecule has 104 valence electrons. The second-order valence-electron chi connectivity index (χ2n) is 5.85. The average Bonchev–Trinajstić information content (AvgIpc) is 2.81. The van der Waals surface area contributed by atoms with Crippen molar-refractivity contribution in [2.24, 2.45) is 5.92 Å². The summed E-state index contributed by atoms with van der Waals surface area (Å²) >= 11 is 0. The van der Waals surface area contributed by atoms with E-state index in [-0.39, 0.29) is 29.2 Å². The number of Topliss-reactive ketones (excluding diaryl/α,β-unsaturated/α-hetero) is 2. The number of carbonyl (C=O) groups is 2. The van der Waals surface area contributed by atoms with Crippen molar-refractivity contribution in [2.75, 3.05) is 0 Å². The summed E-state index contributed by atoms with van der Waals surface area (Å²) in [5, 5.41) is 0. The van der Waals surface area contributed by atoms with Crippen molar-refractivity contribution < 1.29 is 18.7 Å². The standard InChI is InChI=1S/C15H20O4/c1-10(8-13(17)14-15(2,3)19-14)4-5-12(16)11-6-7-18-9-11/h6-7,9-10,14H,4-5,8H2,1-3H3/t10-,14+/m0/s1. The highest BCUT2D eigenvalue weighted by molar-refractivity contribution is 5.95. The number of rotatable bonds is 7. The maximum atomic E-state index is 11.9. The number of carbonyl (C=O) groups excluding carboxylic acids is 2. The molecule has 0 N–H and O–H groups in total. The van der Waals surface area contributed by atoms with Gasteiger partial charge < -0.3 is 9.15 Å². The van der Waals surface area contributed by atoms with E-state index in [9.17, 15) is 9.59 Å². The quantitative estimate of drug-likeness (QED) is 0.561. The van der Waals surface area contributed by atoms with Crippen molar-refractivity contribution in [3.05, 3.63) is 24.2 Å². The van der Waals surface area contributed by atoms with Gasteiger partial charge in [-0.25, -0.2) is 0 Å². The Balaban J connectivity index is 1.72. The van der Waals surface area contributed by atoms with E-state index >= 15 is 0 Å². The van der Waals surface area contributed by atoms with E-state index in [4.69, 9.17) is 9.15 Å². The van der Waals surface area contributed by atoms with Crippen molar-refractivity contribution in [1.29, 1.82) is 0 Å². The first-order chi connectivity index (χ1) is 8.90. The first kappa shape index (κ1) is 14.0. The van der Waals surface area contributed by atoms with E-state index in [1.54, 1.807) is 6.07 Å². The first-order valence-electron chi connectivity index (χ1n) is 6.66. The molecule has 1 aliphatic heterocycles. The number of furan rings is 1. The van der Waals surface area contributed by atoms with Crippen LogP contribution in [-0.2, 0) is 9.53 Å². The number of hydrogen-bond acceptors (Lipinski definition) is 4. The van der Waals surface area contributed by atoms with E-state index in [0.717, 1.165) is 0 Å². The number of ether oxygens (including phenoxy) is 1. The SMILES string of the molecule is C[C@@H](CCC(=O)c1ccoc1)CC(=O)[C@H]1OC1(C)C. The van der Waals surface area contributed by atoms with Crippen molar-refractivity contribution in [2.45, 2.75) is 51.7 Å². The zero-order chi connectivity index (χ0) is 14.0. The predicted molar refractivity (Wildman–Crippen MR) is 70.0 cm³/mol. The Bertz CT molecular complexity index is 458. The molecule has 1 saturated heterocycles. The van der Waals surface area contributed by atoms with Crippen LogP contribution in [0.5, 0.6) is 0 Å². The summed E-state index contributed by atoms with van der Waals surface area (Å²) < 4.78 is 10.2. The lowest BCUT2D eigenvalue weighted by molar-refractivity contribution is -0.121. The van der Waals surface area contributed by atoms with Crippen LogP contribution in [0.2, 0.25) is 0 Å². The van der Waals surface area contributed by atoms with Crippen molar-refractivity contribution >= 4 is 11.6 Å². The summed E-state index contributed by atoms with van der Waals surface area (Å²) in [6, 6.07) is 1.67. The highest BCUT2D eigenvalue weighted by atomic mass is 16.6. The molecule has 2 heterocycles. The third kappa shape index (κ3) is 3.53. The van der Waals surface area contributed by atoms with Gasteiger partial charge in [-0.15, -0.1) is 0 Å². The monoisotopic (exact) mass is 264 g/mol. The molecular formula is C15H20O4. The molecule has 0 saturated carbocycles. The lowest BCUT2D eigenvalue weighted by Crippen LogP contribution is -2.17. The zero-order valence-electron chi connectivity index (χ0n) is 11.6. The van der Waals surface area contributed by atoms with Gasteiger partial charge in [0, 0.05) is 12.8 Å². The molecule has 2 atom stereocenters. The minimum Gasteiger partial charge on any atom is -0.472 e. The molecule has 0 radical (unpaired) electrons. The smallest absolute Gasteiger partial charge is 0.166 e. The second-order valence-corrected chi connectivity index (χ2v) is 5.85. The Morgan fingerprint density at radius 3 is 2.63 bits per heavy atom. The first-order valence-corrected chi connectivity index (χ1v) is 6.66. The Morgan fingerprint density at radius 1 is 1.42 bits per heavy atom. The van der Waals surface area contributed by atoms with Gasteiger partial charge in [-0.2, -0.15) is 0 Å². The largest absolute Gasteiger partial charge is 0.472 e. The van der Waals surface area contributed by atoms with Crippen LogP contribution in [0.15, 0.2) is 23.0 Å². The fourth-order valence-corrected chi connectivity index (χ4v) is 2.22. The summed E-state index contributed by atoms with van der Waals surface area (Å²) in [6.07, 6.45) is 4.34. The minimum absolute atomic E-state index is 0.0658. The van der Waals surface area contributed by atoms with Gasteiger partial charge in [0.25, 0.3) is 0 Å². The van der Waals surface area contributed by atoms with E-state index < -0.39 is 0 Å². The lowest BCUT2D eigenvalue weighted by Gasteiger charge is -2.08. The van der Waals surface area contributed by atoms with Crippen molar-refractivity contribution in [3.63, 3.8) is 0 Å². The maximum Gasteiger partial charge on any atom is 0.166 e. The van der Waals surface area contributed by atoms with Crippen LogP contribution in [0.1, 0.15) is 50.4 Å². The fourth-order valence-electron chi connectivity index (χ4n) is 2.22. The maximum absolute atomic E-state index is 11.9. The van der Waals surface area contributed by atoms with Crippen LogP contribution in [0.4, 0.5) is 0 Å². The number of hydrogen-bond donors (Lipinski definition) is 0. The van der Waals surface area contributed by atoms with Crippen molar-refractivity contribution in [3.8, 4) is 0 Å². The molecule has 0 bridgehead atoms. The fraction of sp³-hybridized carbons (Fsp3) is 0.600. The Kier molecular flexibility index (Phi) is 3.90. The number of epoxide rings is 1. The van der Waals surface area contributed by atoms with Gasteiger partial charge in [0.1, 0.15) is 12.4 Å². The van der Waals surface area contributed by atoms with Gasteiger partial charge in [-0.3, -0.25) is 9.59 Å². The molecule has 1 fully saturated rings. The second kappa shape index (κ2) is 5.29. The molecular weight excluding hydrogens is 244 g/mol. The van der Waals surface area contributed by atoms with Gasteiger partial charge >= 0.3 is 0 Å². The van der Waals surface area contributed by atoms with Crippen LogP contribution in [-0.4, -0.2) is 23.3 Å².